The predicted octanol–water partition coefficient (Wildman–Crippen LogP) is 4.87. The number of ether oxygens (including phenoxy) is 2. The molecule has 2 heterocycles. The number of likely N-dealkylation sites (tertiary alicyclic amines) is 1. The zero-order chi connectivity index (χ0) is 27.4. The van der Waals surface area contributed by atoms with Crippen molar-refractivity contribution in [2.45, 2.75) is 25.7 Å². The highest BCUT2D eigenvalue weighted by molar-refractivity contribution is 6.05. The molecule has 5 rings (SSSR count). The van der Waals surface area contributed by atoms with Crippen LogP contribution in [0.15, 0.2) is 73.1 Å². The molecule has 39 heavy (non-hydrogen) atoms. The number of anilines is 1. The number of hydrogen-bond acceptors (Lipinski definition) is 6. The van der Waals surface area contributed by atoms with Crippen LogP contribution < -0.4 is 14.8 Å². The van der Waals surface area contributed by atoms with Crippen molar-refractivity contribution in [2.75, 3.05) is 32.6 Å². The molecular weight excluding hydrogens is 494 g/mol. The molecule has 0 bridgehead atoms. The van der Waals surface area contributed by atoms with E-state index in [-0.39, 0.29) is 17.6 Å². The number of methoxy groups -OCH3 is 2. The second-order valence-electron chi connectivity index (χ2n) is 9.50. The Morgan fingerprint density at radius 3 is 2.18 bits per heavy atom. The molecule has 0 radical (unpaired) electrons. The first-order valence-corrected chi connectivity index (χ1v) is 12.9. The van der Waals surface area contributed by atoms with Gasteiger partial charge in [0.15, 0.2) is 0 Å². The number of nitrogens with one attached hydrogen (secondary N) is 1. The molecule has 2 amide bonds. The first-order valence-electron chi connectivity index (χ1n) is 12.9. The van der Waals surface area contributed by atoms with Gasteiger partial charge in [0.05, 0.1) is 19.9 Å². The Hall–Kier alpha value is -4.66. The molecule has 1 aliphatic rings. The van der Waals surface area contributed by atoms with E-state index in [0.29, 0.717) is 41.8 Å². The van der Waals surface area contributed by atoms with E-state index < -0.39 is 0 Å². The largest absolute Gasteiger partial charge is 0.496 e. The number of para-hydroxylation sites is 1. The molecule has 1 fully saturated rings. The zero-order valence-corrected chi connectivity index (χ0v) is 22.3. The summed E-state index contributed by atoms with van der Waals surface area (Å²) in [5.41, 5.74) is 4.05. The van der Waals surface area contributed by atoms with E-state index >= 15 is 0 Å². The lowest BCUT2D eigenvalue weighted by molar-refractivity contribution is 0.0700. The molecule has 0 spiro atoms. The lowest BCUT2D eigenvalue weighted by Crippen LogP contribution is -2.38. The smallest absolute Gasteiger partial charge is 0.293 e. The summed E-state index contributed by atoms with van der Waals surface area (Å²) < 4.78 is 12.4. The number of piperidine rings is 1. The van der Waals surface area contributed by atoms with Crippen molar-refractivity contribution in [1.29, 1.82) is 0 Å². The summed E-state index contributed by atoms with van der Waals surface area (Å²) in [6.45, 7) is 3.16. The van der Waals surface area contributed by atoms with Gasteiger partial charge in [0, 0.05) is 29.9 Å². The average molecular weight is 526 g/mol. The quantitative estimate of drug-likeness (QED) is 0.370. The Morgan fingerprint density at radius 1 is 0.923 bits per heavy atom. The van der Waals surface area contributed by atoms with Crippen molar-refractivity contribution < 1.29 is 19.1 Å². The standard InChI is InChI=1S/C30H31N5O4/c1-20-26(38-2)17-23(18-27(20)39-3)29(36)32-24-11-9-21(10-12-24)22-13-15-34(16-14-22)30(37)28-31-19-35(33-28)25-7-5-4-6-8-25/h4-12,17-19,22H,13-16H2,1-3H3,(H,32,36). The summed E-state index contributed by atoms with van der Waals surface area (Å²) in [7, 11) is 3.14. The van der Waals surface area contributed by atoms with Crippen LogP contribution in [-0.2, 0) is 0 Å². The van der Waals surface area contributed by atoms with Gasteiger partial charge in [-0.1, -0.05) is 30.3 Å². The Labute approximate surface area is 227 Å². The third kappa shape index (κ3) is 5.62. The minimum atomic E-state index is -0.241. The van der Waals surface area contributed by atoms with Crippen LogP contribution >= 0.6 is 0 Å². The molecule has 4 aromatic rings. The van der Waals surface area contributed by atoms with Crippen LogP contribution in [0.4, 0.5) is 5.69 Å². The SMILES string of the molecule is COc1cc(C(=O)Nc2ccc(C3CCN(C(=O)c4ncn(-c5ccccc5)n4)CC3)cc2)cc(OC)c1C. The maximum Gasteiger partial charge on any atom is 0.293 e. The number of benzene rings is 3. The molecule has 0 saturated carbocycles. The Bertz CT molecular complexity index is 1430. The second kappa shape index (κ2) is 11.4. The predicted molar refractivity (Wildman–Crippen MR) is 148 cm³/mol. The van der Waals surface area contributed by atoms with Gasteiger partial charge in [-0.15, -0.1) is 5.10 Å². The van der Waals surface area contributed by atoms with Crippen LogP contribution in [0.25, 0.3) is 5.69 Å². The summed E-state index contributed by atoms with van der Waals surface area (Å²) in [5.74, 6) is 1.35. The fourth-order valence-corrected chi connectivity index (χ4v) is 4.88. The summed E-state index contributed by atoms with van der Waals surface area (Å²) in [6.07, 6.45) is 3.26. The monoisotopic (exact) mass is 525 g/mol. The van der Waals surface area contributed by atoms with Crippen LogP contribution in [0.1, 0.15) is 50.9 Å². The number of aromatic nitrogens is 3. The molecule has 9 nitrogen and oxygen atoms in total. The van der Waals surface area contributed by atoms with E-state index in [2.05, 4.69) is 15.4 Å². The Morgan fingerprint density at radius 2 is 1.56 bits per heavy atom. The maximum atomic E-state index is 13.0. The molecule has 3 aromatic carbocycles. The fourth-order valence-electron chi connectivity index (χ4n) is 4.88. The molecule has 1 aliphatic heterocycles. The Kier molecular flexibility index (Phi) is 7.58. The summed E-state index contributed by atoms with van der Waals surface area (Å²) in [6, 6.07) is 20.9. The maximum absolute atomic E-state index is 13.0. The summed E-state index contributed by atoms with van der Waals surface area (Å²) in [4.78, 5) is 31.9. The van der Waals surface area contributed by atoms with Gasteiger partial charge >= 0.3 is 0 Å². The third-order valence-corrected chi connectivity index (χ3v) is 7.14. The number of amides is 2. The van der Waals surface area contributed by atoms with Crippen molar-refractivity contribution >= 4 is 17.5 Å². The van der Waals surface area contributed by atoms with Crippen molar-refractivity contribution in [3.05, 3.63) is 95.6 Å². The number of carbonyl (C=O) groups excluding carboxylic acids is 2. The van der Waals surface area contributed by atoms with Gasteiger partial charge in [-0.05, 0) is 67.6 Å². The molecule has 9 heteroatoms. The van der Waals surface area contributed by atoms with Crippen molar-refractivity contribution in [3.63, 3.8) is 0 Å². The minimum Gasteiger partial charge on any atom is -0.496 e. The normalized spacial score (nSPS) is 13.7. The van der Waals surface area contributed by atoms with Gasteiger partial charge < -0.3 is 19.7 Å². The first-order chi connectivity index (χ1) is 19.0. The van der Waals surface area contributed by atoms with Crippen molar-refractivity contribution in [3.8, 4) is 17.2 Å². The highest BCUT2D eigenvalue weighted by Gasteiger charge is 2.27. The number of nitrogens with zero attached hydrogens (tertiary/aromatic N) is 4. The topological polar surface area (TPSA) is 98.6 Å². The van der Waals surface area contributed by atoms with E-state index in [0.717, 1.165) is 24.1 Å². The highest BCUT2D eigenvalue weighted by Crippen LogP contribution is 2.31. The highest BCUT2D eigenvalue weighted by atomic mass is 16.5. The van der Waals surface area contributed by atoms with E-state index in [9.17, 15) is 9.59 Å². The van der Waals surface area contributed by atoms with E-state index in [4.69, 9.17) is 9.47 Å². The lowest BCUT2D eigenvalue weighted by atomic mass is 9.89. The van der Waals surface area contributed by atoms with Gasteiger partial charge in [-0.25, -0.2) is 9.67 Å². The second-order valence-corrected chi connectivity index (χ2v) is 9.50. The molecule has 1 N–H and O–H groups in total. The van der Waals surface area contributed by atoms with Crippen molar-refractivity contribution in [1.82, 2.24) is 19.7 Å². The number of rotatable bonds is 7. The van der Waals surface area contributed by atoms with Crippen molar-refractivity contribution in [2.24, 2.45) is 0 Å². The molecular formula is C30H31N5O4. The molecule has 1 aromatic heterocycles. The van der Waals surface area contributed by atoms with Gasteiger partial charge in [0.2, 0.25) is 5.82 Å². The lowest BCUT2D eigenvalue weighted by Gasteiger charge is -2.31. The van der Waals surface area contributed by atoms with Crippen LogP contribution in [-0.4, -0.2) is 58.8 Å². The minimum absolute atomic E-state index is 0.148. The van der Waals surface area contributed by atoms with Gasteiger partial charge in [0.1, 0.15) is 17.8 Å². The van der Waals surface area contributed by atoms with Crippen LogP contribution in [0, 0.1) is 6.92 Å². The van der Waals surface area contributed by atoms with Gasteiger partial charge in [-0.2, -0.15) is 0 Å². The number of hydrogen-bond donors (Lipinski definition) is 1. The van der Waals surface area contributed by atoms with E-state index in [1.54, 1.807) is 37.4 Å². The Balaban J connectivity index is 1.17. The molecule has 0 atom stereocenters. The van der Waals surface area contributed by atoms with Crippen LogP contribution in [0.2, 0.25) is 0 Å². The first kappa shape index (κ1) is 26.0. The van der Waals surface area contributed by atoms with E-state index in [1.807, 2.05) is 66.4 Å². The summed E-state index contributed by atoms with van der Waals surface area (Å²) in [5, 5.41) is 7.32. The van der Waals surface area contributed by atoms with Gasteiger partial charge in [0.25, 0.3) is 11.8 Å². The van der Waals surface area contributed by atoms with E-state index in [1.165, 1.54) is 5.56 Å². The van der Waals surface area contributed by atoms with Crippen LogP contribution in [0.5, 0.6) is 11.5 Å². The molecule has 1 saturated heterocycles. The number of carbonyl (C=O) groups is 2. The third-order valence-electron chi connectivity index (χ3n) is 7.14. The van der Waals surface area contributed by atoms with Gasteiger partial charge in [-0.3, -0.25) is 9.59 Å². The average Bonchev–Trinajstić information content (AvgIpc) is 3.48. The zero-order valence-electron chi connectivity index (χ0n) is 22.3. The molecule has 0 aliphatic carbocycles. The fraction of sp³-hybridized carbons (Fsp3) is 0.267. The van der Waals surface area contributed by atoms with Crippen LogP contribution in [0.3, 0.4) is 0 Å². The molecule has 0 unspecified atom stereocenters. The summed E-state index contributed by atoms with van der Waals surface area (Å²) >= 11 is 0. The molecule has 200 valence electrons.